The smallest absolute Gasteiger partial charge is 0.242 e. The van der Waals surface area contributed by atoms with Crippen molar-refractivity contribution in [1.29, 1.82) is 0 Å². The highest BCUT2D eigenvalue weighted by molar-refractivity contribution is 5.81. The lowest BCUT2D eigenvalue weighted by atomic mass is 10.1. The summed E-state index contributed by atoms with van der Waals surface area (Å²) in [6, 6.07) is 8.05. The maximum Gasteiger partial charge on any atom is 0.242 e. The second-order valence-electron chi connectivity index (χ2n) is 7.04. The number of fused-ring (bicyclic) bond motifs is 1. The summed E-state index contributed by atoms with van der Waals surface area (Å²) < 4.78 is 2.07. The number of aryl methyl sites for hydroxylation is 1. The van der Waals surface area contributed by atoms with Crippen molar-refractivity contribution in [3.8, 4) is 0 Å². The Morgan fingerprint density at radius 2 is 1.74 bits per heavy atom. The van der Waals surface area contributed by atoms with Crippen molar-refractivity contribution in [2.24, 2.45) is 11.8 Å². The van der Waals surface area contributed by atoms with Crippen molar-refractivity contribution in [2.45, 2.75) is 47.6 Å². The van der Waals surface area contributed by atoms with Crippen molar-refractivity contribution >= 4 is 16.9 Å². The molecule has 2 aromatic rings. The highest BCUT2D eigenvalue weighted by atomic mass is 16.2. The monoisotopic (exact) mass is 315 g/mol. The molecule has 4 heteroatoms. The first kappa shape index (κ1) is 17.5. The molecule has 0 unspecified atom stereocenters. The molecule has 0 aliphatic heterocycles. The number of hydrogen-bond donors (Lipinski definition) is 0. The van der Waals surface area contributed by atoms with Crippen LogP contribution in [0.25, 0.3) is 11.0 Å². The van der Waals surface area contributed by atoms with Gasteiger partial charge >= 0.3 is 0 Å². The molecule has 1 heterocycles. The van der Waals surface area contributed by atoms with Crippen LogP contribution in [0.4, 0.5) is 0 Å². The van der Waals surface area contributed by atoms with Gasteiger partial charge in [0.25, 0.3) is 0 Å². The minimum absolute atomic E-state index is 0.185. The Labute approximate surface area is 139 Å². The van der Waals surface area contributed by atoms with E-state index in [-0.39, 0.29) is 5.91 Å². The topological polar surface area (TPSA) is 38.1 Å². The molecule has 0 fully saturated rings. The molecule has 4 nitrogen and oxygen atoms in total. The van der Waals surface area contributed by atoms with E-state index >= 15 is 0 Å². The van der Waals surface area contributed by atoms with Crippen molar-refractivity contribution in [1.82, 2.24) is 14.5 Å². The number of para-hydroxylation sites is 2. The first-order valence-electron chi connectivity index (χ1n) is 8.64. The first-order valence-corrected chi connectivity index (χ1v) is 8.64. The number of rotatable bonds is 7. The van der Waals surface area contributed by atoms with Crippen molar-refractivity contribution in [2.75, 3.05) is 13.1 Å². The summed E-state index contributed by atoms with van der Waals surface area (Å²) in [4.78, 5) is 19.5. The molecule has 2 rings (SSSR count). The number of amides is 1. The molecule has 23 heavy (non-hydrogen) atoms. The van der Waals surface area contributed by atoms with Gasteiger partial charge in [0.2, 0.25) is 5.91 Å². The summed E-state index contributed by atoms with van der Waals surface area (Å²) in [5, 5.41) is 0. The van der Waals surface area contributed by atoms with E-state index in [0.29, 0.717) is 18.4 Å². The van der Waals surface area contributed by atoms with Crippen LogP contribution in [-0.2, 0) is 17.8 Å². The number of benzene rings is 1. The zero-order valence-corrected chi connectivity index (χ0v) is 15.0. The van der Waals surface area contributed by atoms with Gasteiger partial charge in [-0.1, -0.05) is 46.8 Å². The Kier molecular flexibility index (Phi) is 5.80. The summed E-state index contributed by atoms with van der Waals surface area (Å²) in [6.07, 6.45) is 0.830. The van der Waals surface area contributed by atoms with Crippen LogP contribution in [0.5, 0.6) is 0 Å². The highest BCUT2D eigenvalue weighted by Crippen LogP contribution is 2.17. The number of aromatic nitrogens is 2. The Morgan fingerprint density at radius 3 is 2.30 bits per heavy atom. The molecule has 0 spiro atoms. The predicted molar refractivity (Wildman–Crippen MR) is 95.4 cm³/mol. The van der Waals surface area contributed by atoms with Gasteiger partial charge in [-0.2, -0.15) is 0 Å². The van der Waals surface area contributed by atoms with Gasteiger partial charge in [-0.3, -0.25) is 4.79 Å². The van der Waals surface area contributed by atoms with Gasteiger partial charge in [0.1, 0.15) is 12.4 Å². The van der Waals surface area contributed by atoms with Gasteiger partial charge in [0.05, 0.1) is 11.0 Å². The van der Waals surface area contributed by atoms with Gasteiger partial charge in [-0.25, -0.2) is 4.98 Å². The van der Waals surface area contributed by atoms with E-state index in [4.69, 9.17) is 0 Å². The van der Waals surface area contributed by atoms with Crippen LogP contribution >= 0.6 is 0 Å². The van der Waals surface area contributed by atoms with E-state index in [0.717, 1.165) is 36.4 Å². The number of hydrogen-bond acceptors (Lipinski definition) is 2. The Morgan fingerprint density at radius 1 is 1.13 bits per heavy atom. The van der Waals surface area contributed by atoms with Crippen LogP contribution < -0.4 is 0 Å². The second kappa shape index (κ2) is 7.62. The molecule has 1 amide bonds. The van der Waals surface area contributed by atoms with Crippen LogP contribution in [0.15, 0.2) is 24.3 Å². The second-order valence-corrected chi connectivity index (χ2v) is 7.04. The van der Waals surface area contributed by atoms with Crippen LogP contribution in [-0.4, -0.2) is 33.4 Å². The van der Waals surface area contributed by atoms with Crippen LogP contribution in [0.2, 0.25) is 0 Å². The Bertz CT molecular complexity index is 648. The summed E-state index contributed by atoms with van der Waals surface area (Å²) in [6.45, 7) is 12.7. The fraction of sp³-hybridized carbons (Fsp3) is 0.579. The van der Waals surface area contributed by atoms with Crippen LogP contribution in [0.1, 0.15) is 40.4 Å². The average molecular weight is 315 g/mol. The number of nitrogens with zero attached hydrogens (tertiary/aromatic N) is 3. The molecule has 0 aliphatic carbocycles. The van der Waals surface area contributed by atoms with Crippen molar-refractivity contribution in [3.05, 3.63) is 30.1 Å². The zero-order chi connectivity index (χ0) is 17.0. The average Bonchev–Trinajstić information content (AvgIpc) is 2.83. The third kappa shape index (κ3) is 4.34. The quantitative estimate of drug-likeness (QED) is 0.780. The molecule has 0 atom stereocenters. The molecule has 0 bridgehead atoms. The Hall–Kier alpha value is -1.84. The van der Waals surface area contributed by atoms with Crippen molar-refractivity contribution in [3.63, 3.8) is 0 Å². The van der Waals surface area contributed by atoms with E-state index in [1.165, 1.54) is 0 Å². The molecular formula is C19H29N3O. The highest BCUT2D eigenvalue weighted by Gasteiger charge is 2.19. The molecule has 0 saturated heterocycles. The maximum atomic E-state index is 12.9. The normalized spacial score (nSPS) is 11.6. The fourth-order valence-corrected chi connectivity index (χ4v) is 2.97. The standard InChI is InChI=1S/C19H29N3O/c1-6-18-20-16-9-7-8-10-17(16)22(18)13-19(23)21(11-14(2)3)12-15(4)5/h7-10,14-15H,6,11-13H2,1-5H3. The van der Waals surface area contributed by atoms with E-state index in [9.17, 15) is 4.79 Å². The third-order valence-corrected chi connectivity index (χ3v) is 3.87. The zero-order valence-electron chi connectivity index (χ0n) is 15.0. The summed E-state index contributed by atoms with van der Waals surface area (Å²) >= 11 is 0. The predicted octanol–water partition coefficient (Wildman–Crippen LogP) is 3.74. The summed E-state index contributed by atoms with van der Waals surface area (Å²) in [7, 11) is 0. The van der Waals surface area contributed by atoms with E-state index in [1.54, 1.807) is 0 Å². The third-order valence-electron chi connectivity index (χ3n) is 3.87. The number of carbonyl (C=O) groups is 1. The minimum Gasteiger partial charge on any atom is -0.341 e. The van der Waals surface area contributed by atoms with Gasteiger partial charge < -0.3 is 9.47 Å². The first-order chi connectivity index (χ1) is 10.9. The minimum atomic E-state index is 0.185. The lowest BCUT2D eigenvalue weighted by molar-refractivity contribution is -0.132. The molecule has 126 valence electrons. The molecular weight excluding hydrogens is 286 g/mol. The van der Waals surface area contributed by atoms with Gasteiger partial charge in [-0.15, -0.1) is 0 Å². The summed E-state index contributed by atoms with van der Waals surface area (Å²) in [5.74, 6) is 2.12. The molecule has 1 aromatic heterocycles. The summed E-state index contributed by atoms with van der Waals surface area (Å²) in [5.41, 5.74) is 2.02. The molecule has 0 radical (unpaired) electrons. The van der Waals surface area contributed by atoms with Crippen molar-refractivity contribution < 1.29 is 4.79 Å². The molecule has 0 saturated carbocycles. The lowest BCUT2D eigenvalue weighted by Gasteiger charge is -2.27. The van der Waals surface area contributed by atoms with Gasteiger partial charge in [0.15, 0.2) is 0 Å². The van der Waals surface area contributed by atoms with E-state index < -0.39 is 0 Å². The van der Waals surface area contributed by atoms with Crippen LogP contribution in [0, 0.1) is 11.8 Å². The Balaban J connectivity index is 2.27. The molecule has 0 aliphatic rings. The fourth-order valence-electron chi connectivity index (χ4n) is 2.97. The van der Waals surface area contributed by atoms with E-state index in [2.05, 4.69) is 44.2 Å². The maximum absolute atomic E-state index is 12.9. The van der Waals surface area contributed by atoms with Gasteiger partial charge in [0, 0.05) is 19.5 Å². The molecule has 0 N–H and O–H groups in total. The SMILES string of the molecule is CCc1nc2ccccc2n1CC(=O)N(CC(C)C)CC(C)C. The number of imidazole rings is 1. The number of carbonyl (C=O) groups excluding carboxylic acids is 1. The largest absolute Gasteiger partial charge is 0.341 e. The van der Waals surface area contributed by atoms with Gasteiger partial charge in [-0.05, 0) is 24.0 Å². The molecule has 1 aromatic carbocycles. The van der Waals surface area contributed by atoms with E-state index in [1.807, 2.05) is 29.2 Å². The lowest BCUT2D eigenvalue weighted by Crippen LogP contribution is -2.39. The van der Waals surface area contributed by atoms with Crippen LogP contribution in [0.3, 0.4) is 0 Å².